The first-order valence-electron chi connectivity index (χ1n) is 5.18. The molecule has 0 aliphatic heterocycles. The van der Waals surface area contributed by atoms with Crippen molar-refractivity contribution in [1.82, 2.24) is 5.43 Å². The molecule has 3 heteroatoms. The second-order valence-electron chi connectivity index (χ2n) is 3.54. The van der Waals surface area contributed by atoms with Gasteiger partial charge in [0.05, 0.1) is 6.04 Å². The first-order chi connectivity index (χ1) is 7.86. The zero-order valence-corrected chi connectivity index (χ0v) is 9.97. The van der Waals surface area contributed by atoms with Crippen LogP contribution in [0.1, 0.15) is 24.9 Å². The molecule has 0 amide bonds. The lowest BCUT2D eigenvalue weighted by Crippen LogP contribution is -2.27. The van der Waals surface area contributed by atoms with Gasteiger partial charge in [-0.05, 0) is 29.3 Å². The van der Waals surface area contributed by atoms with E-state index in [1.54, 1.807) is 11.3 Å². The standard InChI is InChI=1S/C13H14N2S/c1-2-3-7-12(15-14)11-9-16-13-8-5-4-6-10(11)13/h4-6,8-9,12,15H,7,14H2,1H3. The number of benzene rings is 1. The highest BCUT2D eigenvalue weighted by Gasteiger charge is 2.12. The van der Waals surface area contributed by atoms with Gasteiger partial charge in [0.1, 0.15) is 0 Å². The molecule has 0 aliphatic rings. The predicted octanol–water partition coefficient (Wildman–Crippen LogP) is 2.82. The zero-order valence-electron chi connectivity index (χ0n) is 9.16. The van der Waals surface area contributed by atoms with Gasteiger partial charge in [-0.15, -0.1) is 23.2 Å². The van der Waals surface area contributed by atoms with E-state index in [2.05, 4.69) is 46.9 Å². The maximum absolute atomic E-state index is 5.58. The van der Waals surface area contributed by atoms with Crippen LogP contribution in [0, 0.1) is 11.8 Å². The summed E-state index contributed by atoms with van der Waals surface area (Å²) in [5.74, 6) is 11.5. The fraction of sp³-hybridized carbons (Fsp3) is 0.231. The highest BCUT2D eigenvalue weighted by molar-refractivity contribution is 7.17. The molecule has 2 rings (SSSR count). The molecule has 1 atom stereocenters. The van der Waals surface area contributed by atoms with Gasteiger partial charge in [-0.25, -0.2) is 0 Å². The van der Waals surface area contributed by atoms with Crippen LogP contribution in [0.2, 0.25) is 0 Å². The number of rotatable bonds is 3. The van der Waals surface area contributed by atoms with Gasteiger partial charge in [0.2, 0.25) is 0 Å². The van der Waals surface area contributed by atoms with Crippen LogP contribution in [0.3, 0.4) is 0 Å². The van der Waals surface area contributed by atoms with Crippen LogP contribution in [-0.4, -0.2) is 0 Å². The third-order valence-corrected chi connectivity index (χ3v) is 3.55. The zero-order chi connectivity index (χ0) is 11.4. The minimum absolute atomic E-state index is 0.114. The van der Waals surface area contributed by atoms with E-state index < -0.39 is 0 Å². The Bertz CT molecular complexity index is 533. The van der Waals surface area contributed by atoms with Gasteiger partial charge in [-0.1, -0.05) is 18.2 Å². The minimum atomic E-state index is 0.114. The van der Waals surface area contributed by atoms with E-state index >= 15 is 0 Å². The minimum Gasteiger partial charge on any atom is -0.271 e. The molecule has 0 fully saturated rings. The molecule has 1 unspecified atom stereocenters. The monoisotopic (exact) mass is 230 g/mol. The Labute approximate surface area is 99.4 Å². The molecule has 0 saturated carbocycles. The normalized spacial score (nSPS) is 12.1. The molecule has 1 aromatic carbocycles. The summed E-state index contributed by atoms with van der Waals surface area (Å²) in [7, 11) is 0. The Hall–Kier alpha value is -1.34. The van der Waals surface area contributed by atoms with Crippen LogP contribution in [0.15, 0.2) is 29.6 Å². The van der Waals surface area contributed by atoms with E-state index in [1.807, 2.05) is 6.92 Å². The van der Waals surface area contributed by atoms with Crippen LogP contribution >= 0.6 is 11.3 Å². The van der Waals surface area contributed by atoms with Crippen LogP contribution in [0.4, 0.5) is 0 Å². The molecule has 0 bridgehead atoms. The number of nitrogens with one attached hydrogen (secondary N) is 1. The van der Waals surface area contributed by atoms with Gasteiger partial charge in [0.25, 0.3) is 0 Å². The van der Waals surface area contributed by atoms with Crippen LogP contribution in [0.25, 0.3) is 10.1 Å². The van der Waals surface area contributed by atoms with Crippen molar-refractivity contribution in [3.8, 4) is 11.8 Å². The molecule has 16 heavy (non-hydrogen) atoms. The van der Waals surface area contributed by atoms with Crippen molar-refractivity contribution in [2.24, 2.45) is 5.84 Å². The Morgan fingerprint density at radius 1 is 1.44 bits per heavy atom. The van der Waals surface area contributed by atoms with E-state index in [9.17, 15) is 0 Å². The molecular formula is C13H14N2S. The topological polar surface area (TPSA) is 38.0 Å². The van der Waals surface area contributed by atoms with Crippen molar-refractivity contribution in [3.05, 3.63) is 35.2 Å². The summed E-state index contributed by atoms with van der Waals surface area (Å²) >= 11 is 1.75. The third kappa shape index (κ3) is 2.10. The maximum Gasteiger partial charge on any atom is 0.0583 e. The average molecular weight is 230 g/mol. The Morgan fingerprint density at radius 2 is 2.25 bits per heavy atom. The summed E-state index contributed by atoms with van der Waals surface area (Å²) in [6.07, 6.45) is 0.744. The van der Waals surface area contributed by atoms with Crippen molar-refractivity contribution in [3.63, 3.8) is 0 Å². The largest absolute Gasteiger partial charge is 0.271 e. The summed E-state index contributed by atoms with van der Waals surface area (Å²) in [5.41, 5.74) is 4.08. The van der Waals surface area contributed by atoms with Crippen molar-refractivity contribution in [2.45, 2.75) is 19.4 Å². The van der Waals surface area contributed by atoms with E-state index in [4.69, 9.17) is 5.84 Å². The van der Waals surface area contributed by atoms with Crippen LogP contribution in [-0.2, 0) is 0 Å². The van der Waals surface area contributed by atoms with E-state index in [0.717, 1.165) is 6.42 Å². The summed E-state index contributed by atoms with van der Waals surface area (Å²) in [5, 5.41) is 3.43. The van der Waals surface area contributed by atoms with Gasteiger partial charge < -0.3 is 0 Å². The number of nitrogens with two attached hydrogens (primary N) is 1. The molecule has 3 N–H and O–H groups in total. The van der Waals surface area contributed by atoms with Crippen LogP contribution < -0.4 is 11.3 Å². The fourth-order valence-corrected chi connectivity index (χ4v) is 2.75. The Morgan fingerprint density at radius 3 is 3.00 bits per heavy atom. The average Bonchev–Trinajstić information content (AvgIpc) is 2.75. The molecule has 0 saturated heterocycles. The van der Waals surface area contributed by atoms with E-state index in [1.165, 1.54) is 15.6 Å². The maximum atomic E-state index is 5.58. The molecular weight excluding hydrogens is 216 g/mol. The smallest absolute Gasteiger partial charge is 0.0583 e. The van der Waals surface area contributed by atoms with Crippen molar-refractivity contribution < 1.29 is 0 Å². The summed E-state index contributed by atoms with van der Waals surface area (Å²) < 4.78 is 1.29. The molecule has 82 valence electrons. The molecule has 1 aromatic heterocycles. The summed E-state index contributed by atoms with van der Waals surface area (Å²) in [6, 6.07) is 8.48. The lowest BCUT2D eigenvalue weighted by atomic mass is 10.0. The highest BCUT2D eigenvalue weighted by Crippen LogP contribution is 2.30. The molecule has 0 radical (unpaired) electrons. The molecule has 2 nitrogen and oxygen atoms in total. The van der Waals surface area contributed by atoms with Crippen molar-refractivity contribution >= 4 is 21.4 Å². The summed E-state index contributed by atoms with van der Waals surface area (Å²) in [6.45, 7) is 1.85. The van der Waals surface area contributed by atoms with Crippen LogP contribution in [0.5, 0.6) is 0 Å². The number of thiophene rings is 1. The fourth-order valence-electron chi connectivity index (χ4n) is 1.73. The molecule has 1 heterocycles. The number of hydrazine groups is 1. The van der Waals surface area contributed by atoms with Crippen molar-refractivity contribution in [1.29, 1.82) is 0 Å². The first-order valence-corrected chi connectivity index (χ1v) is 6.06. The molecule has 0 aliphatic carbocycles. The highest BCUT2D eigenvalue weighted by atomic mass is 32.1. The van der Waals surface area contributed by atoms with Gasteiger partial charge in [-0.2, -0.15) is 0 Å². The van der Waals surface area contributed by atoms with Gasteiger partial charge in [0, 0.05) is 11.1 Å². The Kier molecular flexibility index (Phi) is 3.58. The summed E-state index contributed by atoms with van der Waals surface area (Å²) in [4.78, 5) is 0. The number of fused-ring (bicyclic) bond motifs is 1. The van der Waals surface area contributed by atoms with Crippen molar-refractivity contribution in [2.75, 3.05) is 0 Å². The first kappa shape index (κ1) is 11.2. The second-order valence-corrected chi connectivity index (χ2v) is 4.45. The van der Waals surface area contributed by atoms with E-state index in [-0.39, 0.29) is 6.04 Å². The van der Waals surface area contributed by atoms with E-state index in [0.29, 0.717) is 0 Å². The van der Waals surface area contributed by atoms with Gasteiger partial charge >= 0.3 is 0 Å². The number of hydrogen-bond acceptors (Lipinski definition) is 3. The van der Waals surface area contributed by atoms with Gasteiger partial charge in [-0.3, -0.25) is 11.3 Å². The second kappa shape index (κ2) is 5.13. The SMILES string of the molecule is CC#CCC(NN)c1csc2ccccc12. The van der Waals surface area contributed by atoms with Gasteiger partial charge in [0.15, 0.2) is 0 Å². The predicted molar refractivity (Wildman–Crippen MR) is 70.0 cm³/mol. The molecule has 2 aromatic rings. The molecule has 0 spiro atoms. The quantitative estimate of drug-likeness (QED) is 0.483. The number of hydrogen-bond donors (Lipinski definition) is 2. The lowest BCUT2D eigenvalue weighted by molar-refractivity contribution is 0.573. The Balaban J connectivity index is 2.39. The lowest BCUT2D eigenvalue weighted by Gasteiger charge is -2.11. The third-order valence-electron chi connectivity index (χ3n) is 2.57.